The molecule has 3 heterocycles. The van der Waals surface area contributed by atoms with Crippen LogP contribution in [-0.2, 0) is 32.5 Å². The molecule has 1 saturated heterocycles. The van der Waals surface area contributed by atoms with Crippen LogP contribution in [0.5, 0.6) is 0 Å². The largest absolute Gasteiger partial charge is 0.379 e. The standard InChI is InChI=1S/C23H27N5O7S2/c1-14(29)27-8-7-17-18(13-27)36-22(19(17)21(31)26-23(32)24-2)25-20(30)15-3-5-16(6-4-15)37(33,34)28-9-11-35-12-10-28/h3-6H,7-13H2,1-2H3,(H,25,30)(H2,24,26,31,32). The minimum Gasteiger partial charge on any atom is -0.379 e. The maximum Gasteiger partial charge on any atom is 0.321 e. The summed E-state index contributed by atoms with van der Waals surface area (Å²) in [4.78, 5) is 52.1. The molecule has 0 unspecified atom stereocenters. The predicted molar refractivity (Wildman–Crippen MR) is 135 cm³/mol. The van der Waals surface area contributed by atoms with Crippen LogP contribution in [0.2, 0.25) is 0 Å². The normalized spacial score (nSPS) is 16.0. The fraction of sp³-hybridized carbons (Fsp3) is 0.391. The number of amides is 5. The van der Waals surface area contributed by atoms with Gasteiger partial charge in [0.05, 0.1) is 30.2 Å². The average Bonchev–Trinajstić information content (AvgIpc) is 3.26. The van der Waals surface area contributed by atoms with Gasteiger partial charge in [0.2, 0.25) is 15.9 Å². The zero-order valence-corrected chi connectivity index (χ0v) is 22.0. The van der Waals surface area contributed by atoms with E-state index in [0.29, 0.717) is 38.3 Å². The fourth-order valence-corrected chi connectivity index (χ4v) is 6.78. The van der Waals surface area contributed by atoms with Crippen LogP contribution in [-0.4, -0.2) is 81.3 Å². The van der Waals surface area contributed by atoms with Crippen LogP contribution >= 0.6 is 11.3 Å². The minimum atomic E-state index is -3.71. The molecular formula is C23H27N5O7S2. The van der Waals surface area contributed by atoms with Crippen molar-refractivity contribution in [2.75, 3.05) is 45.2 Å². The first-order valence-corrected chi connectivity index (χ1v) is 13.8. The van der Waals surface area contributed by atoms with E-state index in [4.69, 9.17) is 4.74 Å². The molecule has 37 heavy (non-hydrogen) atoms. The van der Waals surface area contributed by atoms with Gasteiger partial charge in [-0.15, -0.1) is 11.3 Å². The van der Waals surface area contributed by atoms with Crippen LogP contribution in [0.15, 0.2) is 29.2 Å². The van der Waals surface area contributed by atoms with Crippen LogP contribution in [0.25, 0.3) is 0 Å². The summed E-state index contributed by atoms with van der Waals surface area (Å²) < 4.78 is 32.2. The van der Waals surface area contributed by atoms with E-state index in [1.807, 2.05) is 0 Å². The van der Waals surface area contributed by atoms with Gasteiger partial charge in [-0.05, 0) is 36.2 Å². The van der Waals surface area contributed by atoms with Gasteiger partial charge in [0, 0.05) is 44.0 Å². The highest BCUT2D eigenvalue weighted by atomic mass is 32.2. The van der Waals surface area contributed by atoms with Gasteiger partial charge in [-0.2, -0.15) is 4.31 Å². The van der Waals surface area contributed by atoms with Crippen LogP contribution in [0.3, 0.4) is 0 Å². The Morgan fingerprint density at radius 3 is 2.30 bits per heavy atom. The number of anilines is 1. The van der Waals surface area contributed by atoms with E-state index >= 15 is 0 Å². The van der Waals surface area contributed by atoms with E-state index in [1.165, 1.54) is 42.5 Å². The number of imide groups is 1. The molecule has 0 aliphatic carbocycles. The van der Waals surface area contributed by atoms with Gasteiger partial charge in [-0.1, -0.05) is 0 Å². The third-order valence-corrected chi connectivity index (χ3v) is 9.18. The number of hydrogen-bond donors (Lipinski definition) is 3. The molecule has 1 fully saturated rings. The second-order valence-electron chi connectivity index (χ2n) is 8.43. The molecule has 14 heteroatoms. The second kappa shape index (κ2) is 11.0. The number of hydrogen-bond acceptors (Lipinski definition) is 8. The van der Waals surface area contributed by atoms with E-state index in [2.05, 4.69) is 16.0 Å². The van der Waals surface area contributed by atoms with Crippen molar-refractivity contribution in [2.24, 2.45) is 0 Å². The average molecular weight is 550 g/mol. The number of ether oxygens (including phenoxy) is 1. The Hall–Kier alpha value is -3.33. The van der Waals surface area contributed by atoms with Crippen LogP contribution < -0.4 is 16.0 Å². The summed E-state index contributed by atoms with van der Waals surface area (Å²) in [5.41, 5.74) is 1.04. The molecule has 2 aliphatic rings. The van der Waals surface area contributed by atoms with Gasteiger partial charge < -0.3 is 20.3 Å². The van der Waals surface area contributed by atoms with Crippen molar-refractivity contribution in [3.05, 3.63) is 45.8 Å². The van der Waals surface area contributed by atoms with E-state index < -0.39 is 27.9 Å². The smallest absolute Gasteiger partial charge is 0.321 e. The lowest BCUT2D eigenvalue weighted by atomic mass is 10.0. The number of nitrogens with one attached hydrogen (secondary N) is 3. The number of rotatable bonds is 5. The van der Waals surface area contributed by atoms with Crippen molar-refractivity contribution in [3.8, 4) is 0 Å². The Balaban J connectivity index is 1.58. The summed E-state index contributed by atoms with van der Waals surface area (Å²) in [6.07, 6.45) is 0.395. The first-order chi connectivity index (χ1) is 17.6. The summed E-state index contributed by atoms with van der Waals surface area (Å²) in [5, 5.41) is 7.52. The topological polar surface area (TPSA) is 154 Å². The van der Waals surface area contributed by atoms with Gasteiger partial charge in [-0.25, -0.2) is 13.2 Å². The maximum atomic E-state index is 13.1. The number of fused-ring (bicyclic) bond motifs is 1. The summed E-state index contributed by atoms with van der Waals surface area (Å²) in [7, 11) is -2.33. The van der Waals surface area contributed by atoms with Crippen LogP contribution in [0, 0.1) is 0 Å². The number of carbonyl (C=O) groups excluding carboxylic acids is 4. The molecule has 2 aromatic rings. The third-order valence-electron chi connectivity index (χ3n) is 6.13. The summed E-state index contributed by atoms with van der Waals surface area (Å²) >= 11 is 1.16. The molecular weight excluding hydrogens is 522 g/mol. The molecule has 5 amide bonds. The zero-order valence-electron chi connectivity index (χ0n) is 20.3. The highest BCUT2D eigenvalue weighted by molar-refractivity contribution is 7.89. The fourth-order valence-electron chi connectivity index (χ4n) is 4.12. The molecule has 198 valence electrons. The lowest BCUT2D eigenvalue weighted by Crippen LogP contribution is -2.40. The number of sulfonamides is 1. The van der Waals surface area contributed by atoms with Gasteiger partial charge >= 0.3 is 6.03 Å². The Kier molecular flexibility index (Phi) is 7.92. The minimum absolute atomic E-state index is 0.0625. The van der Waals surface area contributed by atoms with Crippen molar-refractivity contribution >= 4 is 50.1 Å². The van der Waals surface area contributed by atoms with Gasteiger partial charge in [0.25, 0.3) is 11.8 Å². The lowest BCUT2D eigenvalue weighted by Gasteiger charge is -2.26. The molecule has 3 N–H and O–H groups in total. The number of thiophene rings is 1. The van der Waals surface area contributed by atoms with Crippen LogP contribution in [0.4, 0.5) is 9.80 Å². The summed E-state index contributed by atoms with van der Waals surface area (Å²) in [6.45, 7) is 3.33. The molecule has 0 bridgehead atoms. The summed E-state index contributed by atoms with van der Waals surface area (Å²) in [5.74, 6) is -1.32. The first-order valence-electron chi connectivity index (χ1n) is 11.5. The molecule has 2 aliphatic heterocycles. The molecule has 0 radical (unpaired) electrons. The number of urea groups is 1. The Labute approximate surface area is 218 Å². The molecule has 0 saturated carbocycles. The van der Waals surface area contributed by atoms with Crippen molar-refractivity contribution < 1.29 is 32.3 Å². The van der Waals surface area contributed by atoms with Gasteiger partial charge in [-0.3, -0.25) is 19.7 Å². The van der Waals surface area contributed by atoms with E-state index in [1.54, 1.807) is 4.90 Å². The van der Waals surface area contributed by atoms with Crippen molar-refractivity contribution in [3.63, 3.8) is 0 Å². The number of nitrogens with zero attached hydrogens (tertiary/aromatic N) is 2. The van der Waals surface area contributed by atoms with E-state index in [9.17, 15) is 27.6 Å². The Morgan fingerprint density at radius 1 is 1.00 bits per heavy atom. The molecule has 0 spiro atoms. The van der Waals surface area contributed by atoms with E-state index in [-0.39, 0.29) is 40.0 Å². The quantitative estimate of drug-likeness (QED) is 0.503. The highest BCUT2D eigenvalue weighted by Crippen LogP contribution is 2.37. The Morgan fingerprint density at radius 2 is 1.68 bits per heavy atom. The van der Waals surface area contributed by atoms with Crippen molar-refractivity contribution in [2.45, 2.75) is 24.8 Å². The van der Waals surface area contributed by atoms with Gasteiger partial charge in [0.15, 0.2) is 0 Å². The molecule has 0 atom stereocenters. The predicted octanol–water partition coefficient (Wildman–Crippen LogP) is 0.995. The second-order valence-corrected chi connectivity index (χ2v) is 11.5. The maximum absolute atomic E-state index is 13.1. The molecule has 12 nitrogen and oxygen atoms in total. The molecule has 1 aromatic carbocycles. The SMILES string of the molecule is CNC(=O)NC(=O)c1c(NC(=O)c2ccc(S(=O)(=O)N3CCOCC3)cc2)sc2c1CCN(C(C)=O)C2. The van der Waals surface area contributed by atoms with Crippen LogP contribution in [0.1, 0.15) is 38.1 Å². The lowest BCUT2D eigenvalue weighted by molar-refractivity contribution is -0.129. The summed E-state index contributed by atoms with van der Waals surface area (Å²) in [6, 6.07) is 4.84. The monoisotopic (exact) mass is 549 g/mol. The zero-order chi connectivity index (χ0) is 26.7. The molecule has 1 aromatic heterocycles. The van der Waals surface area contributed by atoms with Gasteiger partial charge in [0.1, 0.15) is 5.00 Å². The number of morpholine rings is 1. The van der Waals surface area contributed by atoms with Crippen molar-refractivity contribution in [1.29, 1.82) is 0 Å². The van der Waals surface area contributed by atoms with Crippen molar-refractivity contribution in [1.82, 2.24) is 19.8 Å². The number of benzene rings is 1. The first kappa shape index (κ1) is 26.7. The number of carbonyl (C=O) groups is 4. The highest BCUT2D eigenvalue weighted by Gasteiger charge is 2.31. The third kappa shape index (κ3) is 5.66. The van der Waals surface area contributed by atoms with E-state index in [0.717, 1.165) is 16.2 Å². The Bertz CT molecular complexity index is 1330. The molecule has 4 rings (SSSR count).